The van der Waals surface area contributed by atoms with Crippen molar-refractivity contribution in [2.24, 2.45) is 0 Å². The van der Waals surface area contributed by atoms with Gasteiger partial charge in [0.2, 0.25) is 0 Å². The highest BCUT2D eigenvalue weighted by molar-refractivity contribution is 6.35. The zero-order chi connectivity index (χ0) is 18.5. The largest absolute Gasteiger partial charge is 0.354 e. The average Bonchev–Trinajstić information content (AvgIpc) is 2.61. The van der Waals surface area contributed by atoms with Crippen molar-refractivity contribution < 1.29 is 9.18 Å². The summed E-state index contributed by atoms with van der Waals surface area (Å²) in [6.07, 6.45) is 1.54. The molecular formula is C19H14Cl2FN3O. The van der Waals surface area contributed by atoms with Crippen molar-refractivity contribution in [2.45, 2.75) is 6.54 Å². The Hall–Kier alpha value is -2.63. The predicted molar refractivity (Wildman–Crippen MR) is 102 cm³/mol. The maximum Gasteiger partial charge on any atom is 0.270 e. The third-order valence-electron chi connectivity index (χ3n) is 3.51. The number of hydrogen-bond donors (Lipinski definition) is 2. The average molecular weight is 390 g/mol. The van der Waals surface area contributed by atoms with Crippen LogP contribution >= 0.6 is 23.2 Å². The first-order valence-electron chi connectivity index (χ1n) is 7.71. The Labute approximate surface area is 160 Å². The molecule has 0 unspecified atom stereocenters. The van der Waals surface area contributed by atoms with E-state index in [1.807, 2.05) is 0 Å². The molecule has 0 atom stereocenters. The van der Waals surface area contributed by atoms with E-state index in [1.165, 1.54) is 12.1 Å². The zero-order valence-corrected chi connectivity index (χ0v) is 15.0. The molecule has 0 bridgehead atoms. The minimum atomic E-state index is -0.314. The van der Waals surface area contributed by atoms with E-state index in [9.17, 15) is 9.18 Å². The Kier molecular flexibility index (Phi) is 5.71. The van der Waals surface area contributed by atoms with Crippen molar-refractivity contribution in [3.63, 3.8) is 0 Å². The summed E-state index contributed by atoms with van der Waals surface area (Å²) in [5.74, 6) is -0.627. The van der Waals surface area contributed by atoms with Gasteiger partial charge in [0.1, 0.15) is 11.5 Å². The van der Waals surface area contributed by atoms with Crippen LogP contribution in [0.5, 0.6) is 0 Å². The minimum absolute atomic E-state index is 0.279. The van der Waals surface area contributed by atoms with Gasteiger partial charge in [-0.05, 0) is 48.0 Å². The molecule has 0 spiro atoms. The number of anilines is 2. The fraction of sp³-hybridized carbons (Fsp3) is 0.0526. The van der Waals surface area contributed by atoms with Crippen molar-refractivity contribution in [1.82, 2.24) is 10.3 Å². The van der Waals surface area contributed by atoms with Gasteiger partial charge in [-0.15, -0.1) is 0 Å². The molecule has 2 N–H and O–H groups in total. The summed E-state index contributed by atoms with van der Waals surface area (Å²) in [6, 6.07) is 14.4. The van der Waals surface area contributed by atoms with Crippen LogP contribution < -0.4 is 10.6 Å². The summed E-state index contributed by atoms with van der Waals surface area (Å²) >= 11 is 11.9. The molecule has 26 heavy (non-hydrogen) atoms. The lowest BCUT2D eigenvalue weighted by molar-refractivity contribution is 0.0946. The highest BCUT2D eigenvalue weighted by atomic mass is 35.5. The van der Waals surface area contributed by atoms with E-state index in [-0.39, 0.29) is 17.4 Å². The van der Waals surface area contributed by atoms with Crippen LogP contribution in [-0.4, -0.2) is 10.9 Å². The molecule has 0 saturated carbocycles. The molecule has 0 radical (unpaired) electrons. The minimum Gasteiger partial charge on any atom is -0.354 e. The molecule has 0 aliphatic rings. The summed E-state index contributed by atoms with van der Waals surface area (Å²) in [6.45, 7) is 0.293. The van der Waals surface area contributed by atoms with Crippen LogP contribution in [0.3, 0.4) is 0 Å². The lowest BCUT2D eigenvalue weighted by Crippen LogP contribution is -2.23. The number of rotatable bonds is 5. The number of benzene rings is 2. The second kappa shape index (κ2) is 8.17. The van der Waals surface area contributed by atoms with Gasteiger partial charge in [0.25, 0.3) is 5.91 Å². The number of hydrogen-bond acceptors (Lipinski definition) is 3. The Morgan fingerprint density at radius 2 is 1.65 bits per heavy atom. The first-order chi connectivity index (χ1) is 12.5. The van der Waals surface area contributed by atoms with E-state index < -0.39 is 0 Å². The maximum absolute atomic E-state index is 12.9. The summed E-state index contributed by atoms with van der Waals surface area (Å²) in [4.78, 5) is 16.3. The van der Waals surface area contributed by atoms with Crippen molar-refractivity contribution >= 4 is 40.5 Å². The van der Waals surface area contributed by atoms with Crippen LogP contribution in [0.1, 0.15) is 16.1 Å². The highest BCUT2D eigenvalue weighted by Gasteiger charge is 2.07. The second-order valence-corrected chi connectivity index (χ2v) is 6.40. The van der Waals surface area contributed by atoms with Gasteiger partial charge in [-0.2, -0.15) is 0 Å². The van der Waals surface area contributed by atoms with Gasteiger partial charge < -0.3 is 10.6 Å². The van der Waals surface area contributed by atoms with Gasteiger partial charge >= 0.3 is 0 Å². The first-order valence-corrected chi connectivity index (χ1v) is 8.47. The monoisotopic (exact) mass is 389 g/mol. The molecule has 2 aromatic carbocycles. The number of halogens is 3. The lowest BCUT2D eigenvalue weighted by atomic mass is 10.2. The third kappa shape index (κ3) is 4.94. The summed E-state index contributed by atoms with van der Waals surface area (Å²) in [5, 5.41) is 6.89. The van der Waals surface area contributed by atoms with Crippen molar-refractivity contribution in [3.05, 3.63) is 87.9 Å². The Morgan fingerprint density at radius 1 is 0.962 bits per heavy atom. The standard InChI is InChI=1S/C19H14Cl2FN3O/c20-13-7-14(21)9-17(8-13)25-16-5-6-18(23-11-16)19(26)24-10-12-1-3-15(22)4-2-12/h1-9,11,25H,10H2,(H,24,26). The quantitative estimate of drug-likeness (QED) is 0.630. The molecule has 4 nitrogen and oxygen atoms in total. The fourth-order valence-electron chi connectivity index (χ4n) is 2.27. The molecular weight excluding hydrogens is 376 g/mol. The van der Waals surface area contributed by atoms with E-state index >= 15 is 0 Å². The Morgan fingerprint density at radius 3 is 2.27 bits per heavy atom. The van der Waals surface area contributed by atoms with E-state index in [1.54, 1.807) is 48.7 Å². The van der Waals surface area contributed by atoms with Crippen LogP contribution in [-0.2, 0) is 6.54 Å². The van der Waals surface area contributed by atoms with Crippen LogP contribution in [0.25, 0.3) is 0 Å². The lowest BCUT2D eigenvalue weighted by Gasteiger charge is -2.08. The number of aromatic nitrogens is 1. The van der Waals surface area contributed by atoms with E-state index in [0.717, 1.165) is 11.3 Å². The van der Waals surface area contributed by atoms with Crippen LogP contribution in [0.4, 0.5) is 15.8 Å². The number of pyridine rings is 1. The SMILES string of the molecule is O=C(NCc1ccc(F)cc1)c1ccc(Nc2cc(Cl)cc(Cl)c2)cn1. The van der Waals surface area contributed by atoms with E-state index in [2.05, 4.69) is 15.6 Å². The Bertz CT molecular complexity index is 895. The molecule has 0 aliphatic carbocycles. The molecule has 1 amide bonds. The second-order valence-electron chi connectivity index (χ2n) is 5.52. The zero-order valence-electron chi connectivity index (χ0n) is 13.5. The van der Waals surface area contributed by atoms with Crippen molar-refractivity contribution in [1.29, 1.82) is 0 Å². The molecule has 1 aromatic heterocycles. The number of carbonyl (C=O) groups excluding carboxylic acids is 1. The first kappa shape index (κ1) is 18.2. The highest BCUT2D eigenvalue weighted by Crippen LogP contribution is 2.25. The number of amides is 1. The van der Waals surface area contributed by atoms with Gasteiger partial charge in [-0.3, -0.25) is 4.79 Å². The smallest absolute Gasteiger partial charge is 0.270 e. The van der Waals surface area contributed by atoms with Crippen LogP contribution in [0.15, 0.2) is 60.8 Å². The summed E-state index contributed by atoms with van der Waals surface area (Å²) in [5.41, 5.74) is 2.49. The maximum atomic E-state index is 12.9. The number of nitrogens with zero attached hydrogens (tertiary/aromatic N) is 1. The van der Waals surface area contributed by atoms with Gasteiger partial charge in [0.15, 0.2) is 0 Å². The number of nitrogens with one attached hydrogen (secondary N) is 2. The normalized spacial score (nSPS) is 10.4. The predicted octanol–water partition coefficient (Wildman–Crippen LogP) is 5.20. The van der Waals surface area contributed by atoms with E-state index in [4.69, 9.17) is 23.2 Å². The van der Waals surface area contributed by atoms with Crippen molar-refractivity contribution in [3.8, 4) is 0 Å². The van der Waals surface area contributed by atoms with Crippen molar-refractivity contribution in [2.75, 3.05) is 5.32 Å². The molecule has 3 rings (SSSR count). The summed E-state index contributed by atoms with van der Waals surface area (Å²) in [7, 11) is 0. The number of carbonyl (C=O) groups is 1. The molecule has 132 valence electrons. The topological polar surface area (TPSA) is 54.0 Å². The van der Waals surface area contributed by atoms with Gasteiger partial charge in [0.05, 0.1) is 11.9 Å². The molecule has 0 saturated heterocycles. The van der Waals surface area contributed by atoms with E-state index in [0.29, 0.717) is 22.3 Å². The molecule has 0 fully saturated rings. The van der Waals surface area contributed by atoms with Gasteiger partial charge in [0, 0.05) is 22.3 Å². The van der Waals surface area contributed by atoms with Crippen LogP contribution in [0.2, 0.25) is 10.0 Å². The van der Waals surface area contributed by atoms with Crippen LogP contribution in [0, 0.1) is 5.82 Å². The molecule has 0 aliphatic heterocycles. The third-order valence-corrected chi connectivity index (χ3v) is 3.95. The fourth-order valence-corrected chi connectivity index (χ4v) is 2.80. The van der Waals surface area contributed by atoms with Gasteiger partial charge in [-0.25, -0.2) is 9.37 Å². The van der Waals surface area contributed by atoms with Gasteiger partial charge in [-0.1, -0.05) is 35.3 Å². The Balaban J connectivity index is 1.61. The molecule has 7 heteroatoms. The summed E-state index contributed by atoms with van der Waals surface area (Å²) < 4.78 is 12.9. The molecule has 3 aromatic rings. The molecule has 1 heterocycles.